The molecule has 3 nitrogen and oxygen atoms in total. The van der Waals surface area contributed by atoms with Crippen LogP contribution in [0.2, 0.25) is 0 Å². The lowest BCUT2D eigenvalue weighted by Gasteiger charge is -2.22. The smallest absolute Gasteiger partial charge is 0.217 e. The minimum absolute atomic E-state index is 0.714. The summed E-state index contributed by atoms with van der Waals surface area (Å²) in [5.41, 5.74) is 1.13. The zero-order valence-electron chi connectivity index (χ0n) is 11.6. The Balaban J connectivity index is 1.93. The fourth-order valence-corrected chi connectivity index (χ4v) is 2.91. The summed E-state index contributed by atoms with van der Waals surface area (Å²) in [4.78, 5) is 4.41. The lowest BCUT2D eigenvalue weighted by atomic mass is 9.90. The first-order valence-corrected chi connectivity index (χ1v) is 8.07. The fraction of sp³-hybridized carbons (Fsp3) is 0.667. The van der Waals surface area contributed by atoms with Crippen LogP contribution in [-0.2, 0) is 6.54 Å². The Morgan fingerprint density at radius 3 is 2.89 bits per heavy atom. The van der Waals surface area contributed by atoms with Crippen LogP contribution in [0.25, 0.3) is 0 Å². The minimum atomic E-state index is 0.714. The normalized spacial score (nSPS) is 16.5. The first kappa shape index (κ1) is 14.8. The van der Waals surface area contributed by atoms with Crippen LogP contribution in [0.3, 0.4) is 0 Å². The van der Waals surface area contributed by atoms with Crippen LogP contribution in [-0.4, -0.2) is 18.1 Å². The molecule has 0 spiro atoms. The van der Waals surface area contributed by atoms with Crippen molar-refractivity contribution in [2.75, 3.05) is 13.2 Å². The third-order valence-corrected chi connectivity index (χ3v) is 4.07. The number of aromatic nitrogens is 1. The minimum Gasteiger partial charge on any atom is -0.477 e. The number of hydrogen-bond donors (Lipinski definition) is 1. The number of pyridine rings is 1. The van der Waals surface area contributed by atoms with Crippen molar-refractivity contribution >= 4 is 15.9 Å². The first-order valence-electron chi connectivity index (χ1n) is 7.27. The summed E-state index contributed by atoms with van der Waals surface area (Å²) in [5.74, 6) is 1.50. The molecule has 0 bridgehead atoms. The molecule has 0 radical (unpaired) electrons. The quantitative estimate of drug-likeness (QED) is 0.860. The van der Waals surface area contributed by atoms with Crippen molar-refractivity contribution in [1.82, 2.24) is 10.3 Å². The van der Waals surface area contributed by atoms with Crippen LogP contribution in [0.15, 0.2) is 16.7 Å². The van der Waals surface area contributed by atoms with E-state index in [-0.39, 0.29) is 0 Å². The van der Waals surface area contributed by atoms with Gasteiger partial charge in [-0.2, -0.15) is 0 Å². The van der Waals surface area contributed by atoms with Crippen LogP contribution < -0.4 is 10.1 Å². The summed E-state index contributed by atoms with van der Waals surface area (Å²) >= 11 is 3.47. The van der Waals surface area contributed by atoms with E-state index in [4.69, 9.17) is 4.74 Å². The summed E-state index contributed by atoms with van der Waals surface area (Å²) in [7, 11) is 0. The Labute approximate surface area is 124 Å². The monoisotopic (exact) mass is 326 g/mol. The average Bonchev–Trinajstić information content (AvgIpc) is 2.45. The summed E-state index contributed by atoms with van der Waals surface area (Å²) in [6, 6.07) is 2.09. The largest absolute Gasteiger partial charge is 0.477 e. The maximum Gasteiger partial charge on any atom is 0.217 e. The SMILES string of the molecule is CCNCc1cc(Br)cnc1OCC1CCCCC1. The summed E-state index contributed by atoms with van der Waals surface area (Å²) < 4.78 is 6.96. The number of ether oxygens (including phenoxy) is 1. The van der Waals surface area contributed by atoms with Gasteiger partial charge in [-0.3, -0.25) is 0 Å². The molecule has 0 atom stereocenters. The van der Waals surface area contributed by atoms with Crippen molar-refractivity contribution in [3.8, 4) is 5.88 Å². The maximum absolute atomic E-state index is 5.96. The fourth-order valence-electron chi connectivity index (χ4n) is 2.54. The molecule has 106 valence electrons. The number of nitrogens with one attached hydrogen (secondary N) is 1. The number of rotatable bonds is 6. The highest BCUT2D eigenvalue weighted by atomic mass is 79.9. The molecular weight excluding hydrogens is 304 g/mol. The van der Waals surface area contributed by atoms with Crippen LogP contribution >= 0.6 is 15.9 Å². The second-order valence-corrected chi connectivity index (χ2v) is 6.13. The predicted molar refractivity (Wildman–Crippen MR) is 81.4 cm³/mol. The van der Waals surface area contributed by atoms with E-state index >= 15 is 0 Å². The van der Waals surface area contributed by atoms with Crippen LogP contribution in [0.4, 0.5) is 0 Å². The van der Waals surface area contributed by atoms with Gasteiger partial charge in [0.1, 0.15) is 0 Å². The molecule has 1 fully saturated rings. The van der Waals surface area contributed by atoms with E-state index in [0.717, 1.165) is 35.6 Å². The number of halogens is 1. The molecule has 1 heterocycles. The highest BCUT2D eigenvalue weighted by molar-refractivity contribution is 9.10. The second kappa shape index (κ2) is 7.85. The van der Waals surface area contributed by atoms with Gasteiger partial charge in [-0.05, 0) is 47.3 Å². The lowest BCUT2D eigenvalue weighted by molar-refractivity contribution is 0.201. The van der Waals surface area contributed by atoms with Crippen molar-refractivity contribution in [2.24, 2.45) is 5.92 Å². The van der Waals surface area contributed by atoms with Crippen LogP contribution in [0.5, 0.6) is 5.88 Å². The Kier molecular flexibility index (Phi) is 6.11. The third kappa shape index (κ3) is 4.77. The van der Waals surface area contributed by atoms with Gasteiger partial charge in [-0.15, -0.1) is 0 Å². The number of hydrogen-bond acceptors (Lipinski definition) is 3. The van der Waals surface area contributed by atoms with Gasteiger partial charge >= 0.3 is 0 Å². The van der Waals surface area contributed by atoms with E-state index < -0.39 is 0 Å². The molecule has 1 saturated carbocycles. The molecular formula is C15H23BrN2O. The van der Waals surface area contributed by atoms with Gasteiger partial charge in [0, 0.05) is 22.8 Å². The third-order valence-electron chi connectivity index (χ3n) is 3.64. The topological polar surface area (TPSA) is 34.2 Å². The molecule has 0 unspecified atom stereocenters. The summed E-state index contributed by atoms with van der Waals surface area (Å²) in [6.45, 7) is 4.68. The molecule has 0 aliphatic heterocycles. The molecule has 2 rings (SSSR count). The molecule has 0 aromatic carbocycles. The van der Waals surface area contributed by atoms with Crippen molar-refractivity contribution in [2.45, 2.75) is 45.6 Å². The van der Waals surface area contributed by atoms with Gasteiger partial charge < -0.3 is 10.1 Å². The van der Waals surface area contributed by atoms with Gasteiger partial charge in [0.25, 0.3) is 0 Å². The molecule has 19 heavy (non-hydrogen) atoms. The van der Waals surface area contributed by atoms with E-state index in [1.165, 1.54) is 32.1 Å². The summed E-state index contributed by atoms with van der Waals surface area (Å²) in [5, 5.41) is 3.33. The van der Waals surface area contributed by atoms with Crippen molar-refractivity contribution in [3.63, 3.8) is 0 Å². The standard InChI is InChI=1S/C15H23BrN2O/c1-2-17-9-13-8-14(16)10-18-15(13)19-11-12-6-4-3-5-7-12/h8,10,12,17H,2-7,9,11H2,1H3. The van der Waals surface area contributed by atoms with Crippen molar-refractivity contribution in [3.05, 3.63) is 22.3 Å². The highest BCUT2D eigenvalue weighted by Crippen LogP contribution is 2.26. The highest BCUT2D eigenvalue weighted by Gasteiger charge is 2.15. The molecule has 1 aliphatic rings. The van der Waals surface area contributed by atoms with Gasteiger partial charge in [-0.25, -0.2) is 4.98 Å². The average molecular weight is 327 g/mol. The Hall–Kier alpha value is -0.610. The van der Waals surface area contributed by atoms with Gasteiger partial charge in [0.15, 0.2) is 0 Å². The second-order valence-electron chi connectivity index (χ2n) is 5.21. The van der Waals surface area contributed by atoms with Gasteiger partial charge in [0.2, 0.25) is 5.88 Å². The molecule has 1 aliphatic carbocycles. The lowest BCUT2D eigenvalue weighted by Crippen LogP contribution is -2.18. The zero-order valence-corrected chi connectivity index (χ0v) is 13.2. The van der Waals surface area contributed by atoms with E-state index in [1.807, 2.05) is 6.20 Å². The Bertz CT molecular complexity index is 392. The zero-order chi connectivity index (χ0) is 13.5. The maximum atomic E-state index is 5.96. The van der Waals surface area contributed by atoms with Crippen LogP contribution in [0.1, 0.15) is 44.6 Å². The van der Waals surface area contributed by atoms with Crippen LogP contribution in [0, 0.1) is 5.92 Å². The first-order chi connectivity index (χ1) is 9.29. The van der Waals surface area contributed by atoms with E-state index in [0.29, 0.717) is 5.92 Å². The molecule has 0 amide bonds. The molecule has 1 aromatic heterocycles. The van der Waals surface area contributed by atoms with Gasteiger partial charge in [0.05, 0.1) is 6.61 Å². The van der Waals surface area contributed by atoms with E-state index in [9.17, 15) is 0 Å². The summed E-state index contributed by atoms with van der Waals surface area (Å²) in [6.07, 6.45) is 8.51. The number of nitrogens with zero attached hydrogens (tertiary/aromatic N) is 1. The predicted octanol–water partition coefficient (Wildman–Crippen LogP) is 3.91. The van der Waals surface area contributed by atoms with E-state index in [1.54, 1.807) is 0 Å². The van der Waals surface area contributed by atoms with Crippen molar-refractivity contribution < 1.29 is 4.74 Å². The van der Waals surface area contributed by atoms with E-state index in [2.05, 4.69) is 39.2 Å². The Morgan fingerprint density at radius 1 is 1.37 bits per heavy atom. The Morgan fingerprint density at radius 2 is 2.16 bits per heavy atom. The van der Waals surface area contributed by atoms with Gasteiger partial charge in [-0.1, -0.05) is 26.2 Å². The molecule has 1 N–H and O–H groups in total. The molecule has 1 aromatic rings. The molecule has 0 saturated heterocycles. The van der Waals surface area contributed by atoms with Crippen molar-refractivity contribution in [1.29, 1.82) is 0 Å². The molecule has 4 heteroatoms.